The summed E-state index contributed by atoms with van der Waals surface area (Å²) < 4.78 is 50.1. The van der Waals surface area contributed by atoms with Crippen molar-refractivity contribution >= 4 is 22.6 Å². The summed E-state index contributed by atoms with van der Waals surface area (Å²) in [7, 11) is 0. The molecule has 3 aromatic rings. The first kappa shape index (κ1) is 22.9. The predicted octanol–water partition coefficient (Wildman–Crippen LogP) is 3.07. The molecule has 0 aliphatic carbocycles. The topological polar surface area (TPSA) is 134 Å². The Kier molecular flexibility index (Phi) is 4.97. The Morgan fingerprint density at radius 1 is 1.34 bits per heavy atom. The van der Waals surface area contributed by atoms with Gasteiger partial charge in [-0.05, 0) is 24.6 Å². The van der Waals surface area contributed by atoms with Crippen LogP contribution in [0, 0.1) is 10.1 Å². The summed E-state index contributed by atoms with van der Waals surface area (Å²) in [5.74, 6) is -0.956. The zero-order valence-electron chi connectivity index (χ0n) is 18.0. The number of pyridine rings is 2. The van der Waals surface area contributed by atoms with E-state index in [1.165, 1.54) is 37.3 Å². The van der Waals surface area contributed by atoms with E-state index in [0.717, 1.165) is 4.57 Å². The maximum atomic E-state index is 13.5. The molecule has 0 amide bonds. The van der Waals surface area contributed by atoms with Crippen molar-refractivity contribution in [2.45, 2.75) is 38.0 Å². The van der Waals surface area contributed by atoms with Crippen LogP contribution in [0.25, 0.3) is 22.3 Å². The SMILES string of the molecule is CC[C@@]1(O)C(=O)OCc2c1cc1n(c2=O)C(OCC(F)(F)F)c2cc3c([N+](=O)[O-])cccc3nc2-1. The average Bonchev–Trinajstić information content (AvgIpc) is 3.11. The molecule has 13 heteroatoms. The fraction of sp³-hybridized carbons (Fsp3) is 0.318. The van der Waals surface area contributed by atoms with E-state index in [4.69, 9.17) is 9.47 Å². The third-order valence-corrected chi connectivity index (χ3v) is 6.20. The summed E-state index contributed by atoms with van der Waals surface area (Å²) in [6.45, 7) is -0.684. The smallest absolute Gasteiger partial charge is 0.411 e. The number of ether oxygens (including phenoxy) is 2. The number of benzene rings is 1. The molecule has 0 saturated carbocycles. The van der Waals surface area contributed by atoms with Gasteiger partial charge in [-0.1, -0.05) is 13.0 Å². The van der Waals surface area contributed by atoms with Crippen LogP contribution in [0.4, 0.5) is 18.9 Å². The molecule has 2 aliphatic heterocycles. The molecular formula is C22H16F3N3O7. The molecule has 35 heavy (non-hydrogen) atoms. The van der Waals surface area contributed by atoms with Crippen LogP contribution in [0.3, 0.4) is 0 Å². The molecule has 2 atom stereocenters. The number of aliphatic hydroxyl groups is 1. The fourth-order valence-corrected chi connectivity index (χ4v) is 4.51. The predicted molar refractivity (Wildman–Crippen MR) is 112 cm³/mol. The van der Waals surface area contributed by atoms with Gasteiger partial charge in [0.1, 0.15) is 13.2 Å². The Balaban J connectivity index is 1.82. The first-order chi connectivity index (χ1) is 16.5. The maximum Gasteiger partial charge on any atom is 0.411 e. The van der Waals surface area contributed by atoms with E-state index in [0.29, 0.717) is 0 Å². The van der Waals surface area contributed by atoms with Crippen LogP contribution >= 0.6 is 0 Å². The number of non-ortho nitro benzene ring substituents is 1. The molecule has 2 aliphatic rings. The molecular weight excluding hydrogens is 475 g/mol. The first-order valence-electron chi connectivity index (χ1n) is 10.4. The third-order valence-electron chi connectivity index (χ3n) is 6.20. The Morgan fingerprint density at radius 3 is 2.74 bits per heavy atom. The molecule has 1 unspecified atom stereocenters. The lowest BCUT2D eigenvalue weighted by molar-refractivity contribution is -0.383. The van der Waals surface area contributed by atoms with Gasteiger partial charge in [-0.15, -0.1) is 0 Å². The minimum absolute atomic E-state index is 0.00257. The highest BCUT2D eigenvalue weighted by Gasteiger charge is 2.47. The number of carbonyl (C=O) groups excluding carboxylic acids is 1. The molecule has 0 radical (unpaired) electrons. The monoisotopic (exact) mass is 491 g/mol. The van der Waals surface area contributed by atoms with Gasteiger partial charge in [0.15, 0.2) is 11.8 Å². The van der Waals surface area contributed by atoms with Crippen molar-refractivity contribution in [3.05, 3.63) is 67.5 Å². The number of hydrogen-bond donors (Lipinski definition) is 1. The Hall–Kier alpha value is -3.84. The van der Waals surface area contributed by atoms with Crippen LogP contribution in [0.5, 0.6) is 0 Å². The number of esters is 1. The van der Waals surface area contributed by atoms with Crippen molar-refractivity contribution in [1.29, 1.82) is 0 Å². The minimum Gasteiger partial charge on any atom is -0.458 e. The van der Waals surface area contributed by atoms with E-state index < -0.39 is 47.7 Å². The number of aromatic nitrogens is 2. The number of nitro groups is 1. The Bertz CT molecular complexity index is 1480. The number of cyclic esters (lactones) is 1. The zero-order valence-corrected chi connectivity index (χ0v) is 18.0. The highest BCUT2D eigenvalue weighted by molar-refractivity contribution is 5.91. The van der Waals surface area contributed by atoms with Gasteiger partial charge in [-0.25, -0.2) is 9.78 Å². The quantitative estimate of drug-likeness (QED) is 0.334. The van der Waals surface area contributed by atoms with Gasteiger partial charge >= 0.3 is 12.1 Å². The van der Waals surface area contributed by atoms with E-state index in [-0.39, 0.29) is 51.1 Å². The highest BCUT2D eigenvalue weighted by atomic mass is 19.4. The molecule has 2 aromatic heterocycles. The van der Waals surface area contributed by atoms with Crippen molar-refractivity contribution in [1.82, 2.24) is 9.55 Å². The molecule has 1 N–H and O–H groups in total. The summed E-state index contributed by atoms with van der Waals surface area (Å²) >= 11 is 0. The number of rotatable bonds is 4. The normalized spacial score (nSPS) is 20.8. The second-order valence-electron chi connectivity index (χ2n) is 8.19. The lowest BCUT2D eigenvalue weighted by atomic mass is 9.86. The molecule has 10 nitrogen and oxygen atoms in total. The van der Waals surface area contributed by atoms with E-state index in [1.807, 2.05) is 0 Å². The second kappa shape index (κ2) is 7.58. The number of halogens is 3. The molecule has 0 spiro atoms. The largest absolute Gasteiger partial charge is 0.458 e. The summed E-state index contributed by atoms with van der Waals surface area (Å²) in [4.78, 5) is 41.0. The van der Waals surface area contributed by atoms with Gasteiger partial charge in [-0.3, -0.25) is 19.5 Å². The molecule has 1 aromatic carbocycles. The molecule has 182 valence electrons. The number of fused-ring (bicyclic) bond motifs is 5. The number of carbonyl (C=O) groups is 1. The fourth-order valence-electron chi connectivity index (χ4n) is 4.51. The van der Waals surface area contributed by atoms with Crippen LogP contribution in [-0.2, 0) is 26.5 Å². The van der Waals surface area contributed by atoms with Crippen molar-refractivity contribution in [3.63, 3.8) is 0 Å². The standard InChI is InChI=1S/C22H16F3N3O7/c1-2-21(31)13-7-16-17-11(6-10-14(26-17)4-3-5-15(10)28(32)33)19(35-9-22(23,24)25)27(16)18(29)12(13)8-34-20(21)30/h3-7,19,31H,2,8-9H2,1H3/t19?,21-/m0/s1. The molecule has 0 fully saturated rings. The first-order valence-corrected chi connectivity index (χ1v) is 10.4. The number of alkyl halides is 3. The van der Waals surface area contributed by atoms with E-state index >= 15 is 0 Å². The molecule has 4 heterocycles. The lowest BCUT2D eigenvalue weighted by Crippen LogP contribution is -2.44. The van der Waals surface area contributed by atoms with Crippen molar-refractivity contribution in [3.8, 4) is 11.4 Å². The van der Waals surface area contributed by atoms with Gasteiger partial charge in [0.25, 0.3) is 11.2 Å². The van der Waals surface area contributed by atoms with Crippen LogP contribution in [0.2, 0.25) is 0 Å². The van der Waals surface area contributed by atoms with E-state index in [2.05, 4.69) is 4.98 Å². The van der Waals surface area contributed by atoms with Gasteiger partial charge in [0.05, 0.1) is 32.8 Å². The minimum atomic E-state index is -4.73. The second-order valence-corrected chi connectivity index (χ2v) is 8.19. The highest BCUT2D eigenvalue weighted by Crippen LogP contribution is 2.44. The lowest BCUT2D eigenvalue weighted by Gasteiger charge is -2.32. The van der Waals surface area contributed by atoms with Crippen LogP contribution in [0.15, 0.2) is 35.1 Å². The zero-order chi connectivity index (χ0) is 25.3. The number of nitro benzene ring substituents is 1. The number of hydrogen-bond acceptors (Lipinski definition) is 8. The van der Waals surface area contributed by atoms with Crippen molar-refractivity contribution in [2.24, 2.45) is 0 Å². The van der Waals surface area contributed by atoms with Crippen LogP contribution < -0.4 is 5.56 Å². The average molecular weight is 491 g/mol. The number of nitrogens with zero attached hydrogens (tertiary/aromatic N) is 3. The molecule has 0 saturated heterocycles. The summed E-state index contributed by atoms with van der Waals surface area (Å²) in [6, 6.07) is 6.69. The summed E-state index contributed by atoms with van der Waals surface area (Å²) in [6.07, 6.45) is -6.46. The van der Waals surface area contributed by atoms with Gasteiger partial charge in [0, 0.05) is 17.2 Å². The Labute approximate surface area is 193 Å². The van der Waals surface area contributed by atoms with Crippen molar-refractivity contribution in [2.75, 3.05) is 6.61 Å². The molecule has 0 bridgehead atoms. The third kappa shape index (κ3) is 3.38. The van der Waals surface area contributed by atoms with Crippen LogP contribution in [0.1, 0.15) is 36.3 Å². The van der Waals surface area contributed by atoms with Gasteiger partial charge < -0.3 is 14.6 Å². The van der Waals surface area contributed by atoms with E-state index in [1.54, 1.807) is 0 Å². The van der Waals surface area contributed by atoms with Crippen molar-refractivity contribution < 1.29 is 37.5 Å². The van der Waals surface area contributed by atoms with Crippen LogP contribution in [-0.4, -0.2) is 38.3 Å². The summed E-state index contributed by atoms with van der Waals surface area (Å²) in [5.41, 5.74) is -3.22. The molecule has 5 rings (SSSR count). The maximum absolute atomic E-state index is 13.5. The van der Waals surface area contributed by atoms with Gasteiger partial charge in [0.2, 0.25) is 0 Å². The van der Waals surface area contributed by atoms with E-state index in [9.17, 15) is 38.0 Å². The summed E-state index contributed by atoms with van der Waals surface area (Å²) in [5, 5.41) is 22.5. The van der Waals surface area contributed by atoms with Gasteiger partial charge in [-0.2, -0.15) is 13.2 Å². The Morgan fingerprint density at radius 2 is 2.09 bits per heavy atom.